The lowest BCUT2D eigenvalue weighted by Crippen LogP contribution is -2.40. The van der Waals surface area contributed by atoms with E-state index in [9.17, 15) is 9.18 Å². The first-order chi connectivity index (χ1) is 8.58. The first-order valence-corrected chi connectivity index (χ1v) is 6.34. The highest BCUT2D eigenvalue weighted by Gasteiger charge is 2.21. The van der Waals surface area contributed by atoms with Gasteiger partial charge in [-0.2, -0.15) is 0 Å². The van der Waals surface area contributed by atoms with Gasteiger partial charge in [0.1, 0.15) is 5.82 Å². The molecule has 1 fully saturated rings. The van der Waals surface area contributed by atoms with Gasteiger partial charge in [0.25, 0.3) is 0 Å². The first kappa shape index (κ1) is 13.0. The Bertz CT molecular complexity index is 430. The van der Waals surface area contributed by atoms with Crippen molar-refractivity contribution in [1.82, 2.24) is 10.6 Å². The minimum atomic E-state index is -0.164. The molecule has 1 aliphatic rings. The van der Waals surface area contributed by atoms with Gasteiger partial charge in [-0.25, -0.2) is 4.39 Å². The number of rotatable bonds is 3. The quantitative estimate of drug-likeness (QED) is 0.859. The van der Waals surface area contributed by atoms with Gasteiger partial charge in [0.2, 0.25) is 5.91 Å². The van der Waals surface area contributed by atoms with Crippen LogP contribution in [0.25, 0.3) is 0 Å². The van der Waals surface area contributed by atoms with Gasteiger partial charge in [0, 0.05) is 6.54 Å². The zero-order chi connectivity index (χ0) is 13.1. The molecular formula is C14H19FN2O. The lowest BCUT2D eigenvalue weighted by Gasteiger charge is -2.12. The van der Waals surface area contributed by atoms with Crippen molar-refractivity contribution < 1.29 is 9.18 Å². The minimum Gasteiger partial charge on any atom is -0.351 e. The zero-order valence-corrected chi connectivity index (χ0v) is 10.8. The predicted octanol–water partition coefficient (Wildman–Crippen LogP) is 1.81. The predicted molar refractivity (Wildman–Crippen MR) is 68.7 cm³/mol. The van der Waals surface area contributed by atoms with Crippen molar-refractivity contribution in [2.75, 3.05) is 6.54 Å². The second-order valence-electron chi connectivity index (χ2n) is 4.91. The SMILES string of the molecule is Cc1cc(CNC(=O)C2CCCN2)cc(C)c1F. The molecule has 1 atom stereocenters. The average Bonchev–Trinajstić information content (AvgIpc) is 2.86. The molecule has 0 radical (unpaired) electrons. The van der Waals surface area contributed by atoms with Gasteiger partial charge in [-0.3, -0.25) is 4.79 Å². The number of benzene rings is 1. The summed E-state index contributed by atoms with van der Waals surface area (Å²) in [5, 5.41) is 6.04. The molecule has 0 aromatic heterocycles. The third kappa shape index (κ3) is 2.88. The smallest absolute Gasteiger partial charge is 0.237 e. The van der Waals surface area contributed by atoms with Crippen molar-refractivity contribution in [2.24, 2.45) is 0 Å². The number of hydrogen-bond acceptors (Lipinski definition) is 2. The highest BCUT2D eigenvalue weighted by molar-refractivity contribution is 5.81. The van der Waals surface area contributed by atoms with Gasteiger partial charge in [0.15, 0.2) is 0 Å². The molecule has 1 saturated heterocycles. The first-order valence-electron chi connectivity index (χ1n) is 6.34. The van der Waals surface area contributed by atoms with Crippen molar-refractivity contribution in [3.63, 3.8) is 0 Å². The number of carbonyl (C=O) groups excluding carboxylic acids is 1. The van der Waals surface area contributed by atoms with Crippen LogP contribution in [0.4, 0.5) is 4.39 Å². The van der Waals surface area contributed by atoms with Gasteiger partial charge in [0.05, 0.1) is 6.04 Å². The summed E-state index contributed by atoms with van der Waals surface area (Å²) in [7, 11) is 0. The summed E-state index contributed by atoms with van der Waals surface area (Å²) in [5.74, 6) is -0.130. The van der Waals surface area contributed by atoms with Crippen molar-refractivity contribution in [3.8, 4) is 0 Å². The van der Waals surface area contributed by atoms with Gasteiger partial charge >= 0.3 is 0 Å². The molecule has 2 N–H and O–H groups in total. The molecule has 1 heterocycles. The number of halogens is 1. The molecule has 1 unspecified atom stereocenters. The fourth-order valence-electron chi connectivity index (χ4n) is 2.36. The highest BCUT2D eigenvalue weighted by Crippen LogP contribution is 2.14. The number of nitrogens with one attached hydrogen (secondary N) is 2. The molecule has 2 rings (SSSR count). The van der Waals surface area contributed by atoms with Crippen LogP contribution in [-0.4, -0.2) is 18.5 Å². The fourth-order valence-corrected chi connectivity index (χ4v) is 2.36. The van der Waals surface area contributed by atoms with E-state index in [4.69, 9.17) is 0 Å². The van der Waals surface area contributed by atoms with Crippen molar-refractivity contribution in [2.45, 2.75) is 39.3 Å². The van der Waals surface area contributed by atoms with E-state index in [2.05, 4.69) is 10.6 Å². The molecule has 0 saturated carbocycles. The van der Waals surface area contributed by atoms with Gasteiger partial charge in [-0.1, -0.05) is 12.1 Å². The Morgan fingerprint density at radius 3 is 2.67 bits per heavy atom. The summed E-state index contributed by atoms with van der Waals surface area (Å²) >= 11 is 0. The van der Waals surface area contributed by atoms with E-state index in [-0.39, 0.29) is 17.8 Å². The van der Waals surface area contributed by atoms with E-state index in [0.29, 0.717) is 17.7 Å². The van der Waals surface area contributed by atoms with E-state index < -0.39 is 0 Å². The fraction of sp³-hybridized carbons (Fsp3) is 0.500. The van der Waals surface area contributed by atoms with E-state index >= 15 is 0 Å². The molecule has 0 bridgehead atoms. The van der Waals surface area contributed by atoms with Crippen LogP contribution in [0.3, 0.4) is 0 Å². The maximum atomic E-state index is 13.5. The lowest BCUT2D eigenvalue weighted by molar-refractivity contribution is -0.122. The van der Waals surface area contributed by atoms with E-state index in [1.54, 1.807) is 26.0 Å². The number of hydrogen-bond donors (Lipinski definition) is 2. The highest BCUT2D eigenvalue weighted by atomic mass is 19.1. The van der Waals surface area contributed by atoms with Crippen LogP contribution in [-0.2, 0) is 11.3 Å². The van der Waals surface area contributed by atoms with Crippen LogP contribution < -0.4 is 10.6 Å². The number of carbonyl (C=O) groups is 1. The molecule has 1 aromatic carbocycles. The molecular weight excluding hydrogens is 231 g/mol. The monoisotopic (exact) mass is 250 g/mol. The summed E-state index contributed by atoms with van der Waals surface area (Å²) in [6.07, 6.45) is 1.94. The molecule has 0 spiro atoms. The molecule has 98 valence electrons. The summed E-state index contributed by atoms with van der Waals surface area (Å²) < 4.78 is 13.5. The van der Waals surface area contributed by atoms with Crippen molar-refractivity contribution in [1.29, 1.82) is 0 Å². The minimum absolute atomic E-state index is 0.0344. The van der Waals surface area contributed by atoms with Crippen molar-refractivity contribution in [3.05, 3.63) is 34.6 Å². The average molecular weight is 250 g/mol. The molecule has 1 amide bonds. The van der Waals surface area contributed by atoms with Crippen LogP contribution in [0.1, 0.15) is 29.5 Å². The van der Waals surface area contributed by atoms with Crippen LogP contribution in [0, 0.1) is 19.7 Å². The Kier molecular flexibility index (Phi) is 3.97. The summed E-state index contributed by atoms with van der Waals surface area (Å²) in [6.45, 7) is 4.85. The Morgan fingerprint density at radius 1 is 1.44 bits per heavy atom. The number of aryl methyl sites for hydroxylation is 2. The van der Waals surface area contributed by atoms with E-state index in [1.807, 2.05) is 0 Å². The van der Waals surface area contributed by atoms with Crippen LogP contribution in [0.15, 0.2) is 12.1 Å². The van der Waals surface area contributed by atoms with Gasteiger partial charge < -0.3 is 10.6 Å². The summed E-state index contributed by atoms with van der Waals surface area (Å²) in [4.78, 5) is 11.8. The largest absolute Gasteiger partial charge is 0.351 e. The lowest BCUT2D eigenvalue weighted by atomic mass is 10.1. The standard InChI is InChI=1S/C14H19FN2O/c1-9-6-11(7-10(2)13(9)15)8-17-14(18)12-4-3-5-16-12/h6-7,12,16H,3-5,8H2,1-2H3,(H,17,18). The second kappa shape index (κ2) is 5.48. The molecule has 18 heavy (non-hydrogen) atoms. The maximum Gasteiger partial charge on any atom is 0.237 e. The summed E-state index contributed by atoms with van der Waals surface area (Å²) in [6, 6.07) is 3.50. The maximum absolute atomic E-state index is 13.5. The summed E-state index contributed by atoms with van der Waals surface area (Å²) in [5.41, 5.74) is 2.19. The molecule has 1 aromatic rings. The topological polar surface area (TPSA) is 41.1 Å². The number of amides is 1. The van der Waals surface area contributed by atoms with E-state index in [0.717, 1.165) is 24.9 Å². The van der Waals surface area contributed by atoms with Crippen molar-refractivity contribution >= 4 is 5.91 Å². The van der Waals surface area contributed by atoms with Crippen LogP contribution in [0.2, 0.25) is 0 Å². The van der Waals surface area contributed by atoms with E-state index in [1.165, 1.54) is 0 Å². The Balaban J connectivity index is 1.95. The Hall–Kier alpha value is -1.42. The van der Waals surface area contributed by atoms with Crippen LogP contribution >= 0.6 is 0 Å². The molecule has 4 heteroatoms. The van der Waals surface area contributed by atoms with Gasteiger partial charge in [-0.15, -0.1) is 0 Å². The molecule has 1 aliphatic heterocycles. The molecule has 3 nitrogen and oxygen atoms in total. The Morgan fingerprint density at radius 2 is 2.11 bits per heavy atom. The third-order valence-electron chi connectivity index (χ3n) is 3.34. The molecule has 0 aliphatic carbocycles. The Labute approximate surface area is 107 Å². The van der Waals surface area contributed by atoms with Gasteiger partial charge in [-0.05, 0) is 49.9 Å². The second-order valence-corrected chi connectivity index (χ2v) is 4.91. The third-order valence-corrected chi connectivity index (χ3v) is 3.34. The van der Waals surface area contributed by atoms with Crippen LogP contribution in [0.5, 0.6) is 0 Å². The zero-order valence-electron chi connectivity index (χ0n) is 10.8. The normalized spacial score (nSPS) is 18.9.